The number of nitrogens with one attached hydrogen (secondary N) is 1. The Morgan fingerprint density at radius 3 is 2.43 bits per heavy atom. The molecule has 21 heavy (non-hydrogen) atoms. The Morgan fingerprint density at radius 1 is 1.24 bits per heavy atom. The summed E-state index contributed by atoms with van der Waals surface area (Å²) in [6.45, 7) is 1.52. The maximum atomic E-state index is 13.1. The predicted molar refractivity (Wildman–Crippen MR) is 70.9 cm³/mol. The molecule has 0 saturated carbocycles. The molecule has 1 aromatic carbocycles. The molecule has 0 fully saturated rings. The van der Waals surface area contributed by atoms with Crippen LogP contribution in [0.5, 0.6) is 0 Å². The summed E-state index contributed by atoms with van der Waals surface area (Å²) < 4.78 is 44.1. The second-order valence-electron chi connectivity index (χ2n) is 4.65. The lowest BCUT2D eigenvalue weighted by molar-refractivity contribution is -0.153. The molecule has 2 aromatic rings. The van der Waals surface area contributed by atoms with E-state index >= 15 is 0 Å². The van der Waals surface area contributed by atoms with Crippen molar-refractivity contribution in [3.8, 4) is 0 Å². The zero-order valence-corrected chi connectivity index (χ0v) is 11.3. The summed E-state index contributed by atoms with van der Waals surface area (Å²) in [7, 11) is 0. The molecular weight excluding hydrogens is 283 g/mol. The van der Waals surface area contributed by atoms with Gasteiger partial charge in [0.25, 0.3) is 5.91 Å². The highest BCUT2D eigenvalue weighted by Crippen LogP contribution is 2.24. The Kier molecular flexibility index (Phi) is 4.35. The van der Waals surface area contributed by atoms with Gasteiger partial charge in [-0.2, -0.15) is 13.2 Å². The zero-order chi connectivity index (χ0) is 15.5. The van der Waals surface area contributed by atoms with Crippen LogP contribution in [0.15, 0.2) is 47.1 Å². The Morgan fingerprint density at radius 2 is 1.90 bits per heavy atom. The number of carbonyl (C=O) groups is 1. The van der Waals surface area contributed by atoms with E-state index in [4.69, 9.17) is 4.42 Å². The summed E-state index contributed by atoms with van der Waals surface area (Å²) in [5.74, 6) is -0.507. The highest BCUT2D eigenvalue weighted by molar-refractivity contribution is 5.95. The van der Waals surface area contributed by atoms with E-state index in [0.717, 1.165) is 0 Å². The fourth-order valence-corrected chi connectivity index (χ4v) is 1.95. The van der Waals surface area contributed by atoms with Crippen LogP contribution in [-0.2, 0) is 6.42 Å². The van der Waals surface area contributed by atoms with Crippen LogP contribution in [0.25, 0.3) is 0 Å². The van der Waals surface area contributed by atoms with Crippen LogP contribution in [0.4, 0.5) is 13.2 Å². The van der Waals surface area contributed by atoms with Gasteiger partial charge in [0.2, 0.25) is 0 Å². The van der Waals surface area contributed by atoms with Gasteiger partial charge < -0.3 is 9.73 Å². The standard InChI is InChI=1S/C15H14F3NO2/c1-10-12(7-8-21-10)14(20)19-13(15(16,17)18)9-11-5-3-2-4-6-11/h2-8,13H,9H2,1H3,(H,19,20)/t13-/m1/s1. The van der Waals surface area contributed by atoms with Gasteiger partial charge in [-0.3, -0.25) is 4.79 Å². The Hall–Kier alpha value is -2.24. The van der Waals surface area contributed by atoms with Crippen molar-refractivity contribution in [1.29, 1.82) is 0 Å². The van der Waals surface area contributed by atoms with E-state index in [0.29, 0.717) is 5.56 Å². The van der Waals surface area contributed by atoms with E-state index in [1.165, 1.54) is 19.3 Å². The molecule has 0 spiro atoms. The van der Waals surface area contributed by atoms with Crippen molar-refractivity contribution in [2.75, 3.05) is 0 Å². The fourth-order valence-electron chi connectivity index (χ4n) is 1.95. The van der Waals surface area contributed by atoms with E-state index < -0.39 is 18.1 Å². The molecule has 0 radical (unpaired) electrons. The molecule has 112 valence electrons. The molecule has 1 aromatic heterocycles. The molecule has 2 rings (SSSR count). The summed E-state index contributed by atoms with van der Waals surface area (Å²) in [6.07, 6.45) is -3.57. The lowest BCUT2D eigenvalue weighted by atomic mass is 10.1. The number of halogens is 3. The second-order valence-corrected chi connectivity index (χ2v) is 4.65. The van der Waals surface area contributed by atoms with E-state index in [2.05, 4.69) is 0 Å². The van der Waals surface area contributed by atoms with E-state index in [1.54, 1.807) is 30.3 Å². The minimum absolute atomic E-state index is 0.109. The van der Waals surface area contributed by atoms with Gasteiger partial charge >= 0.3 is 6.18 Å². The number of rotatable bonds is 4. The van der Waals surface area contributed by atoms with Crippen molar-refractivity contribution in [3.05, 3.63) is 59.5 Å². The molecule has 1 heterocycles. The molecule has 0 unspecified atom stereocenters. The number of alkyl halides is 3. The van der Waals surface area contributed by atoms with Gasteiger partial charge in [0.05, 0.1) is 11.8 Å². The van der Waals surface area contributed by atoms with Crippen molar-refractivity contribution < 1.29 is 22.4 Å². The zero-order valence-electron chi connectivity index (χ0n) is 11.3. The van der Waals surface area contributed by atoms with Crippen LogP contribution < -0.4 is 5.32 Å². The molecule has 6 heteroatoms. The lowest BCUT2D eigenvalue weighted by Gasteiger charge is -2.21. The third-order valence-corrected chi connectivity index (χ3v) is 3.09. The number of amides is 1. The SMILES string of the molecule is Cc1occc1C(=O)N[C@H](Cc1ccccc1)C(F)(F)F. The summed E-state index contributed by atoms with van der Waals surface area (Å²) in [5.41, 5.74) is 0.612. The Bertz CT molecular complexity index is 605. The van der Waals surface area contributed by atoms with Crippen LogP contribution in [0, 0.1) is 6.92 Å². The Labute approximate surface area is 119 Å². The van der Waals surface area contributed by atoms with Crippen molar-refractivity contribution in [3.63, 3.8) is 0 Å². The number of benzene rings is 1. The second kappa shape index (κ2) is 6.03. The summed E-state index contributed by atoms with van der Waals surface area (Å²) >= 11 is 0. The predicted octanol–water partition coefficient (Wildman–Crippen LogP) is 3.49. The molecule has 0 bridgehead atoms. The van der Waals surface area contributed by atoms with Crippen molar-refractivity contribution in [2.24, 2.45) is 0 Å². The molecular formula is C15H14F3NO2. The quantitative estimate of drug-likeness (QED) is 0.938. The van der Waals surface area contributed by atoms with Gasteiger partial charge in [-0.05, 0) is 18.6 Å². The minimum Gasteiger partial charge on any atom is -0.469 e. The van der Waals surface area contributed by atoms with Gasteiger partial charge in [-0.1, -0.05) is 30.3 Å². The number of hydrogen-bond donors (Lipinski definition) is 1. The number of aryl methyl sites for hydroxylation is 1. The first kappa shape index (κ1) is 15.2. The van der Waals surface area contributed by atoms with Crippen LogP contribution in [0.2, 0.25) is 0 Å². The topological polar surface area (TPSA) is 42.2 Å². The van der Waals surface area contributed by atoms with Gasteiger partial charge in [0.1, 0.15) is 11.8 Å². The van der Waals surface area contributed by atoms with Crippen LogP contribution in [0.1, 0.15) is 21.7 Å². The van der Waals surface area contributed by atoms with Gasteiger partial charge in [-0.25, -0.2) is 0 Å². The molecule has 0 aliphatic rings. The molecule has 3 nitrogen and oxygen atoms in total. The normalized spacial score (nSPS) is 13.0. The number of carbonyl (C=O) groups excluding carboxylic acids is 1. The van der Waals surface area contributed by atoms with E-state index in [9.17, 15) is 18.0 Å². The molecule has 1 N–H and O–H groups in total. The molecule has 1 atom stereocenters. The van der Waals surface area contributed by atoms with Gasteiger partial charge in [0, 0.05) is 6.42 Å². The van der Waals surface area contributed by atoms with Gasteiger partial charge in [0.15, 0.2) is 0 Å². The van der Waals surface area contributed by atoms with Crippen molar-refractivity contribution in [1.82, 2.24) is 5.32 Å². The maximum absolute atomic E-state index is 13.1. The first-order valence-corrected chi connectivity index (χ1v) is 6.33. The average molecular weight is 297 g/mol. The largest absolute Gasteiger partial charge is 0.469 e. The number of furan rings is 1. The number of hydrogen-bond acceptors (Lipinski definition) is 2. The Balaban J connectivity index is 2.14. The molecule has 0 aliphatic carbocycles. The van der Waals surface area contributed by atoms with Crippen molar-refractivity contribution >= 4 is 5.91 Å². The smallest absolute Gasteiger partial charge is 0.408 e. The summed E-state index contributed by atoms with van der Waals surface area (Å²) in [5, 5.41) is 2.02. The minimum atomic E-state index is -4.52. The summed E-state index contributed by atoms with van der Waals surface area (Å²) in [6, 6.07) is 7.62. The fraction of sp³-hybridized carbons (Fsp3) is 0.267. The first-order chi connectivity index (χ1) is 9.88. The monoisotopic (exact) mass is 297 g/mol. The third kappa shape index (κ3) is 3.87. The maximum Gasteiger partial charge on any atom is 0.408 e. The summed E-state index contributed by atoms with van der Waals surface area (Å²) in [4.78, 5) is 11.9. The van der Waals surface area contributed by atoms with Crippen LogP contribution >= 0.6 is 0 Å². The van der Waals surface area contributed by atoms with Crippen molar-refractivity contribution in [2.45, 2.75) is 25.6 Å². The van der Waals surface area contributed by atoms with Crippen LogP contribution in [0.3, 0.4) is 0 Å². The van der Waals surface area contributed by atoms with E-state index in [-0.39, 0.29) is 17.7 Å². The third-order valence-electron chi connectivity index (χ3n) is 3.09. The van der Waals surface area contributed by atoms with Crippen LogP contribution in [-0.4, -0.2) is 18.1 Å². The molecule has 0 saturated heterocycles. The highest BCUT2D eigenvalue weighted by atomic mass is 19.4. The molecule has 1 amide bonds. The first-order valence-electron chi connectivity index (χ1n) is 6.33. The lowest BCUT2D eigenvalue weighted by Crippen LogP contribution is -2.46. The molecule has 0 aliphatic heterocycles. The van der Waals surface area contributed by atoms with E-state index in [1.807, 2.05) is 5.32 Å². The average Bonchev–Trinajstić information content (AvgIpc) is 2.84. The highest BCUT2D eigenvalue weighted by Gasteiger charge is 2.40. The van der Waals surface area contributed by atoms with Gasteiger partial charge in [-0.15, -0.1) is 0 Å².